The van der Waals surface area contributed by atoms with Crippen LogP contribution in [-0.2, 0) is 0 Å². The second-order valence-corrected chi connectivity index (χ2v) is 6.16. The van der Waals surface area contributed by atoms with Gasteiger partial charge in [0.05, 0.1) is 5.52 Å². The number of nitrogens with two attached hydrogens (primary N) is 1. The van der Waals surface area contributed by atoms with Gasteiger partial charge in [0.2, 0.25) is 5.89 Å². The van der Waals surface area contributed by atoms with Crippen LogP contribution < -0.4 is 5.73 Å². The number of hydrogen-bond donors (Lipinski definition) is 1. The normalized spacial score (nSPS) is 11.0. The molecule has 5 rings (SSSR count). The highest BCUT2D eigenvalue weighted by molar-refractivity contribution is 5.87. The van der Waals surface area contributed by atoms with Crippen molar-refractivity contribution < 1.29 is 4.42 Å². The highest BCUT2D eigenvalue weighted by atomic mass is 16.3. The number of anilines is 1. The summed E-state index contributed by atoms with van der Waals surface area (Å²) in [5.41, 5.74) is 9.81. The molecule has 0 unspecified atom stereocenters. The van der Waals surface area contributed by atoms with Gasteiger partial charge in [-0.05, 0) is 30.3 Å². The minimum Gasteiger partial charge on any atom is -0.435 e. The Morgan fingerprint density at radius 1 is 0.893 bits per heavy atom. The quantitative estimate of drug-likeness (QED) is 0.504. The van der Waals surface area contributed by atoms with Crippen LogP contribution in [-0.4, -0.2) is 19.9 Å². The van der Waals surface area contributed by atoms with Gasteiger partial charge < -0.3 is 10.2 Å². The lowest BCUT2D eigenvalue weighted by atomic mass is 10.1. The molecule has 28 heavy (non-hydrogen) atoms. The van der Waals surface area contributed by atoms with Crippen molar-refractivity contribution in [3.05, 3.63) is 66.5 Å². The van der Waals surface area contributed by atoms with E-state index in [0.717, 1.165) is 16.5 Å². The first-order valence-corrected chi connectivity index (χ1v) is 8.51. The molecule has 2 aromatic carbocycles. The Morgan fingerprint density at radius 2 is 1.79 bits per heavy atom. The summed E-state index contributed by atoms with van der Waals surface area (Å²) in [7, 11) is 0. The molecule has 0 saturated carbocycles. The monoisotopic (exact) mass is 364 g/mol. The van der Waals surface area contributed by atoms with E-state index in [2.05, 4.69) is 19.9 Å². The van der Waals surface area contributed by atoms with Gasteiger partial charge in [0.1, 0.15) is 17.3 Å². The van der Waals surface area contributed by atoms with Gasteiger partial charge in [-0.15, -0.1) is 0 Å². The molecule has 0 fully saturated rings. The van der Waals surface area contributed by atoms with Gasteiger partial charge in [-0.2, -0.15) is 5.26 Å². The second-order valence-electron chi connectivity index (χ2n) is 6.16. The van der Waals surface area contributed by atoms with Crippen LogP contribution in [0.5, 0.6) is 0 Å². The Morgan fingerprint density at radius 3 is 2.64 bits per heavy atom. The van der Waals surface area contributed by atoms with Crippen molar-refractivity contribution >= 4 is 27.8 Å². The minimum atomic E-state index is 0.0333. The highest BCUT2D eigenvalue weighted by Gasteiger charge is 2.20. The number of nitriles is 1. The van der Waals surface area contributed by atoms with Crippen LogP contribution in [0.3, 0.4) is 0 Å². The first-order valence-electron chi connectivity index (χ1n) is 8.51. The Kier molecular flexibility index (Phi) is 3.49. The maximum absolute atomic E-state index is 9.36. The molecule has 5 aromatic rings. The third-order valence-corrected chi connectivity index (χ3v) is 4.40. The van der Waals surface area contributed by atoms with Crippen LogP contribution in [0, 0.1) is 11.3 Å². The molecule has 7 heteroatoms. The lowest BCUT2D eigenvalue weighted by Crippen LogP contribution is -2.03. The van der Waals surface area contributed by atoms with E-state index >= 15 is 0 Å². The first kappa shape index (κ1) is 15.9. The molecule has 7 nitrogen and oxygen atoms in total. The zero-order valence-corrected chi connectivity index (χ0v) is 14.5. The van der Waals surface area contributed by atoms with Crippen LogP contribution in [0.1, 0.15) is 5.69 Å². The molecule has 132 valence electrons. The maximum atomic E-state index is 9.36. The predicted octanol–water partition coefficient (Wildman–Crippen LogP) is 3.95. The van der Waals surface area contributed by atoms with Gasteiger partial charge in [-0.1, -0.05) is 24.3 Å². The number of fused-ring (bicyclic) bond motifs is 2. The summed E-state index contributed by atoms with van der Waals surface area (Å²) in [5.74, 6) is 0.331. The second kappa shape index (κ2) is 6.14. The Balaban J connectivity index is 1.78. The van der Waals surface area contributed by atoms with Crippen molar-refractivity contribution in [1.29, 1.82) is 5.26 Å². The standard InChI is InChI=1S/C21H12N6O/c22-11-16-20(23)27-19(21-26-15-5-1-2-6-17(15)28-21)18(25-16)13-7-8-14-12(10-13)4-3-9-24-14/h1-10H,(H2,23,27). The van der Waals surface area contributed by atoms with Crippen LogP contribution in [0.15, 0.2) is 65.2 Å². The van der Waals surface area contributed by atoms with Crippen molar-refractivity contribution in [2.24, 2.45) is 0 Å². The lowest BCUT2D eigenvalue weighted by Gasteiger charge is -2.08. The first-order chi connectivity index (χ1) is 13.7. The number of hydrogen-bond acceptors (Lipinski definition) is 7. The van der Waals surface area contributed by atoms with Crippen LogP contribution in [0.4, 0.5) is 5.82 Å². The van der Waals surface area contributed by atoms with Crippen molar-refractivity contribution in [3.8, 4) is 28.9 Å². The summed E-state index contributed by atoms with van der Waals surface area (Å²) < 4.78 is 5.87. The van der Waals surface area contributed by atoms with E-state index in [4.69, 9.17) is 10.2 Å². The van der Waals surface area contributed by atoms with E-state index in [9.17, 15) is 5.26 Å². The van der Waals surface area contributed by atoms with E-state index in [1.54, 1.807) is 6.20 Å². The SMILES string of the molecule is N#Cc1nc(-c2ccc3ncccc3c2)c(-c2nc3ccccc3o2)nc1N. The summed E-state index contributed by atoms with van der Waals surface area (Å²) in [6.45, 7) is 0. The molecule has 0 aliphatic carbocycles. The van der Waals surface area contributed by atoms with E-state index in [-0.39, 0.29) is 11.5 Å². The summed E-state index contributed by atoms with van der Waals surface area (Å²) >= 11 is 0. The summed E-state index contributed by atoms with van der Waals surface area (Å²) in [6, 6.07) is 18.9. The molecular weight excluding hydrogens is 352 g/mol. The van der Waals surface area contributed by atoms with Gasteiger partial charge in [-0.3, -0.25) is 4.98 Å². The lowest BCUT2D eigenvalue weighted by molar-refractivity contribution is 0.616. The topological polar surface area (TPSA) is 115 Å². The molecule has 0 aliphatic rings. The molecule has 0 atom stereocenters. The number of benzene rings is 2. The minimum absolute atomic E-state index is 0.0333. The van der Waals surface area contributed by atoms with Gasteiger partial charge >= 0.3 is 0 Å². The smallest absolute Gasteiger partial charge is 0.248 e. The van der Waals surface area contributed by atoms with Crippen molar-refractivity contribution in [2.75, 3.05) is 5.73 Å². The Labute approximate surface area is 159 Å². The largest absolute Gasteiger partial charge is 0.435 e. The highest BCUT2D eigenvalue weighted by Crippen LogP contribution is 2.33. The van der Waals surface area contributed by atoms with Gasteiger partial charge in [-0.25, -0.2) is 15.0 Å². The summed E-state index contributed by atoms with van der Waals surface area (Å²) in [4.78, 5) is 17.7. The van der Waals surface area contributed by atoms with Crippen molar-refractivity contribution in [2.45, 2.75) is 0 Å². The predicted molar refractivity (Wildman–Crippen MR) is 105 cm³/mol. The van der Waals surface area contributed by atoms with E-state index < -0.39 is 0 Å². The molecule has 0 radical (unpaired) electrons. The maximum Gasteiger partial charge on any atom is 0.248 e. The molecule has 0 bridgehead atoms. The number of nitrogen functional groups attached to an aromatic ring is 1. The number of para-hydroxylation sites is 2. The fourth-order valence-electron chi connectivity index (χ4n) is 3.08. The third kappa shape index (κ3) is 2.52. The fraction of sp³-hybridized carbons (Fsp3) is 0. The summed E-state index contributed by atoms with van der Waals surface area (Å²) in [6.07, 6.45) is 1.74. The van der Waals surface area contributed by atoms with Crippen LogP contribution in [0.2, 0.25) is 0 Å². The summed E-state index contributed by atoms with van der Waals surface area (Å²) in [5, 5.41) is 10.3. The average molecular weight is 364 g/mol. The molecule has 0 amide bonds. The van der Waals surface area contributed by atoms with E-state index in [1.807, 2.05) is 60.7 Å². The molecular formula is C21H12N6O. The molecule has 3 aromatic heterocycles. The number of oxazole rings is 1. The van der Waals surface area contributed by atoms with E-state index in [1.165, 1.54) is 0 Å². The van der Waals surface area contributed by atoms with Crippen molar-refractivity contribution in [3.63, 3.8) is 0 Å². The zero-order chi connectivity index (χ0) is 19.1. The van der Waals surface area contributed by atoms with Gasteiger partial charge in [0, 0.05) is 17.1 Å². The molecule has 0 spiro atoms. The Bertz CT molecular complexity index is 1370. The molecule has 0 saturated heterocycles. The number of aromatic nitrogens is 4. The zero-order valence-electron chi connectivity index (χ0n) is 14.5. The fourth-order valence-corrected chi connectivity index (χ4v) is 3.08. The van der Waals surface area contributed by atoms with Gasteiger partial charge in [0.15, 0.2) is 22.8 Å². The molecule has 0 aliphatic heterocycles. The third-order valence-electron chi connectivity index (χ3n) is 4.40. The average Bonchev–Trinajstić information content (AvgIpc) is 3.17. The van der Waals surface area contributed by atoms with Crippen molar-refractivity contribution in [1.82, 2.24) is 19.9 Å². The number of nitrogens with zero attached hydrogens (tertiary/aromatic N) is 5. The number of pyridine rings is 1. The van der Waals surface area contributed by atoms with Crippen LogP contribution in [0.25, 0.3) is 44.8 Å². The van der Waals surface area contributed by atoms with Crippen LogP contribution >= 0.6 is 0 Å². The van der Waals surface area contributed by atoms with Gasteiger partial charge in [0.25, 0.3) is 0 Å². The Hall–Kier alpha value is -4.31. The molecule has 3 heterocycles. The van der Waals surface area contributed by atoms with E-state index in [0.29, 0.717) is 28.4 Å². The molecule has 2 N–H and O–H groups in total. The number of rotatable bonds is 2.